The number of methoxy groups -OCH3 is 1. The normalized spacial score (nSPS) is 21.0. The number of amides is 1. The summed E-state index contributed by atoms with van der Waals surface area (Å²) in [5.74, 6) is -1.43. The fraction of sp³-hybridized carbons (Fsp3) is 0.412. The van der Waals surface area contributed by atoms with Crippen LogP contribution in [0.2, 0.25) is 0 Å². The van der Waals surface area contributed by atoms with E-state index in [9.17, 15) is 14.7 Å². The molecule has 0 spiro atoms. The van der Waals surface area contributed by atoms with Gasteiger partial charge in [-0.15, -0.1) is 0 Å². The van der Waals surface area contributed by atoms with Gasteiger partial charge in [0.05, 0.1) is 12.5 Å². The van der Waals surface area contributed by atoms with E-state index in [1.807, 2.05) is 18.2 Å². The van der Waals surface area contributed by atoms with Gasteiger partial charge in [-0.25, -0.2) is 0 Å². The highest BCUT2D eigenvalue weighted by Crippen LogP contribution is 2.31. The van der Waals surface area contributed by atoms with Crippen molar-refractivity contribution in [1.29, 1.82) is 0 Å². The molecule has 6 nitrogen and oxygen atoms in total. The molecule has 0 saturated carbocycles. The molecule has 1 N–H and O–H groups in total. The van der Waals surface area contributed by atoms with Crippen LogP contribution in [0.1, 0.15) is 29.5 Å². The van der Waals surface area contributed by atoms with Gasteiger partial charge in [0.15, 0.2) is 5.76 Å². The van der Waals surface area contributed by atoms with Crippen molar-refractivity contribution in [2.45, 2.75) is 26.0 Å². The summed E-state index contributed by atoms with van der Waals surface area (Å²) >= 11 is 0. The summed E-state index contributed by atoms with van der Waals surface area (Å²) in [4.78, 5) is 25.7. The Labute approximate surface area is 133 Å². The van der Waals surface area contributed by atoms with Crippen LogP contribution in [0, 0.1) is 5.92 Å². The Morgan fingerprint density at radius 2 is 2.13 bits per heavy atom. The predicted octanol–water partition coefficient (Wildman–Crippen LogP) is 2.51. The Bertz CT molecular complexity index is 751. The summed E-state index contributed by atoms with van der Waals surface area (Å²) < 4.78 is 11.0. The van der Waals surface area contributed by atoms with Crippen LogP contribution in [0.25, 0.3) is 11.0 Å². The number of carbonyl (C=O) groups excluding carboxylic acids is 1. The Morgan fingerprint density at radius 3 is 2.78 bits per heavy atom. The van der Waals surface area contributed by atoms with Crippen LogP contribution in [0.3, 0.4) is 0 Å². The zero-order chi connectivity index (χ0) is 16.6. The number of fused-ring (bicyclic) bond motifs is 1. The van der Waals surface area contributed by atoms with Gasteiger partial charge in [-0.05, 0) is 19.4 Å². The van der Waals surface area contributed by atoms with Gasteiger partial charge in [0, 0.05) is 30.6 Å². The fourth-order valence-electron chi connectivity index (χ4n) is 3.25. The van der Waals surface area contributed by atoms with Crippen LogP contribution in [0.15, 0.2) is 28.7 Å². The number of hydrogen-bond acceptors (Lipinski definition) is 4. The number of carboxylic acids is 1. The van der Waals surface area contributed by atoms with Gasteiger partial charge in [0.1, 0.15) is 5.58 Å². The van der Waals surface area contributed by atoms with E-state index in [0.717, 1.165) is 5.39 Å². The maximum atomic E-state index is 12.9. The second-order valence-corrected chi connectivity index (χ2v) is 5.81. The minimum atomic E-state index is -0.866. The van der Waals surface area contributed by atoms with E-state index >= 15 is 0 Å². The van der Waals surface area contributed by atoms with Crippen molar-refractivity contribution in [1.82, 2.24) is 4.90 Å². The molecule has 0 aliphatic carbocycles. The number of hydrogen-bond donors (Lipinski definition) is 1. The third-order valence-electron chi connectivity index (χ3n) is 4.51. The van der Waals surface area contributed by atoms with Crippen LogP contribution < -0.4 is 0 Å². The summed E-state index contributed by atoms with van der Waals surface area (Å²) in [6.45, 7) is 2.45. The second kappa shape index (κ2) is 6.04. The highest BCUT2D eigenvalue weighted by molar-refractivity contribution is 5.99. The zero-order valence-corrected chi connectivity index (χ0v) is 13.1. The highest BCUT2D eigenvalue weighted by Gasteiger charge is 2.40. The van der Waals surface area contributed by atoms with E-state index in [4.69, 9.17) is 9.15 Å². The van der Waals surface area contributed by atoms with Crippen molar-refractivity contribution in [2.75, 3.05) is 13.7 Å². The Hall–Kier alpha value is -2.34. The molecule has 0 radical (unpaired) electrons. The number of ether oxygens (including phenoxy) is 1. The van der Waals surface area contributed by atoms with Crippen molar-refractivity contribution < 1.29 is 23.8 Å². The lowest BCUT2D eigenvalue weighted by atomic mass is 10.0. The Morgan fingerprint density at radius 1 is 1.39 bits per heavy atom. The minimum absolute atomic E-state index is 0.242. The number of likely N-dealkylation sites (tertiary alicyclic amines) is 1. The van der Waals surface area contributed by atoms with E-state index in [1.54, 1.807) is 25.0 Å². The maximum Gasteiger partial charge on any atom is 0.308 e. The van der Waals surface area contributed by atoms with Crippen molar-refractivity contribution in [3.05, 3.63) is 35.6 Å². The maximum absolute atomic E-state index is 12.9. The van der Waals surface area contributed by atoms with E-state index in [2.05, 4.69) is 0 Å². The first-order chi connectivity index (χ1) is 11.0. The number of rotatable bonds is 4. The molecule has 3 rings (SSSR count). The summed E-state index contributed by atoms with van der Waals surface area (Å²) in [5.41, 5.74) is 1.34. The van der Waals surface area contributed by atoms with E-state index < -0.39 is 11.9 Å². The largest absolute Gasteiger partial charge is 0.481 e. The van der Waals surface area contributed by atoms with Crippen molar-refractivity contribution in [3.8, 4) is 0 Å². The second-order valence-electron chi connectivity index (χ2n) is 5.81. The van der Waals surface area contributed by atoms with Gasteiger partial charge in [0.2, 0.25) is 0 Å². The molecule has 6 heteroatoms. The number of carboxylic acid groups (broad SMARTS) is 1. The molecule has 1 aliphatic heterocycles. The summed E-state index contributed by atoms with van der Waals surface area (Å²) in [7, 11) is 1.56. The lowest BCUT2D eigenvalue weighted by Gasteiger charge is -2.22. The van der Waals surface area contributed by atoms with E-state index in [0.29, 0.717) is 24.1 Å². The number of carbonyl (C=O) groups is 2. The summed E-state index contributed by atoms with van der Waals surface area (Å²) in [6.07, 6.45) is 0.460. The first-order valence-corrected chi connectivity index (χ1v) is 7.57. The van der Waals surface area contributed by atoms with Gasteiger partial charge in [-0.3, -0.25) is 9.59 Å². The lowest BCUT2D eigenvalue weighted by Crippen LogP contribution is -2.37. The van der Waals surface area contributed by atoms with Crippen LogP contribution in [-0.4, -0.2) is 41.6 Å². The molecule has 1 aliphatic rings. The molecule has 1 saturated heterocycles. The highest BCUT2D eigenvalue weighted by atomic mass is 16.5. The lowest BCUT2D eigenvalue weighted by molar-refractivity contribution is -0.142. The first-order valence-electron chi connectivity index (χ1n) is 7.57. The van der Waals surface area contributed by atoms with Crippen molar-refractivity contribution >= 4 is 22.8 Å². The third-order valence-corrected chi connectivity index (χ3v) is 4.51. The summed E-state index contributed by atoms with van der Waals surface area (Å²) in [5, 5.41) is 10.1. The molecule has 1 aromatic carbocycles. The molecule has 2 atom stereocenters. The van der Waals surface area contributed by atoms with Gasteiger partial charge < -0.3 is 19.2 Å². The molecule has 2 aromatic rings. The van der Waals surface area contributed by atoms with Crippen LogP contribution in [0.4, 0.5) is 0 Å². The Balaban J connectivity index is 1.98. The van der Waals surface area contributed by atoms with E-state index in [1.165, 1.54) is 0 Å². The first kappa shape index (κ1) is 15.6. The average Bonchev–Trinajstić information content (AvgIpc) is 3.09. The van der Waals surface area contributed by atoms with Crippen LogP contribution >= 0.6 is 0 Å². The predicted molar refractivity (Wildman–Crippen MR) is 83.2 cm³/mol. The van der Waals surface area contributed by atoms with Crippen molar-refractivity contribution in [2.24, 2.45) is 5.92 Å². The number of benzene rings is 1. The number of nitrogens with zero attached hydrogens (tertiary/aromatic N) is 1. The SMILES string of the molecule is COCc1c(C(=O)N2CCC(C(=O)O)C2C)oc2ccccc12. The molecule has 23 heavy (non-hydrogen) atoms. The third kappa shape index (κ3) is 2.59. The average molecular weight is 317 g/mol. The van der Waals surface area contributed by atoms with Crippen molar-refractivity contribution in [3.63, 3.8) is 0 Å². The number of para-hydroxylation sites is 1. The molecular weight excluding hydrogens is 298 g/mol. The molecule has 1 aromatic heterocycles. The minimum Gasteiger partial charge on any atom is -0.481 e. The molecule has 122 valence electrons. The standard InChI is InChI=1S/C17H19NO5/c1-10-11(17(20)21)7-8-18(10)16(19)15-13(9-22-2)12-5-3-4-6-14(12)23-15/h3-6,10-11H,7-9H2,1-2H3,(H,20,21). The van der Waals surface area contributed by atoms with Gasteiger partial charge >= 0.3 is 5.97 Å². The smallest absolute Gasteiger partial charge is 0.308 e. The summed E-state index contributed by atoms with van der Waals surface area (Å²) in [6, 6.07) is 7.05. The van der Waals surface area contributed by atoms with Crippen LogP contribution in [-0.2, 0) is 16.1 Å². The molecular formula is C17H19NO5. The molecule has 1 amide bonds. The quantitative estimate of drug-likeness (QED) is 0.937. The van der Waals surface area contributed by atoms with Gasteiger partial charge in [-0.1, -0.05) is 18.2 Å². The van der Waals surface area contributed by atoms with E-state index in [-0.39, 0.29) is 24.3 Å². The number of furan rings is 1. The molecule has 2 unspecified atom stereocenters. The van der Waals surface area contributed by atoms with Gasteiger partial charge in [-0.2, -0.15) is 0 Å². The number of aliphatic carboxylic acids is 1. The molecule has 0 bridgehead atoms. The topological polar surface area (TPSA) is 80.0 Å². The molecule has 1 fully saturated rings. The monoisotopic (exact) mass is 317 g/mol. The Kier molecular flexibility index (Phi) is 4.09. The van der Waals surface area contributed by atoms with Crippen LogP contribution in [0.5, 0.6) is 0 Å². The zero-order valence-electron chi connectivity index (χ0n) is 13.1. The van der Waals surface area contributed by atoms with Gasteiger partial charge in [0.25, 0.3) is 5.91 Å². The fourth-order valence-corrected chi connectivity index (χ4v) is 3.25. The molecule has 2 heterocycles.